The fourth-order valence-corrected chi connectivity index (χ4v) is 1.79. The zero-order chi connectivity index (χ0) is 10.2. The van der Waals surface area contributed by atoms with Crippen molar-refractivity contribution in [3.63, 3.8) is 0 Å². The summed E-state index contributed by atoms with van der Waals surface area (Å²) in [6, 6.07) is 0. The number of ether oxygens (including phenoxy) is 1. The van der Waals surface area contributed by atoms with E-state index in [2.05, 4.69) is 6.92 Å². The van der Waals surface area contributed by atoms with Crippen molar-refractivity contribution in [1.29, 1.82) is 0 Å². The highest BCUT2D eigenvalue weighted by Crippen LogP contribution is 2.16. The van der Waals surface area contributed by atoms with E-state index >= 15 is 0 Å². The van der Waals surface area contributed by atoms with Crippen molar-refractivity contribution in [1.82, 2.24) is 4.90 Å². The molecule has 3 nitrogen and oxygen atoms in total. The summed E-state index contributed by atoms with van der Waals surface area (Å²) in [6.45, 7) is 3.84. The van der Waals surface area contributed by atoms with Gasteiger partial charge in [0.15, 0.2) is 0 Å². The fraction of sp³-hybridized carbons (Fsp3) is 0.909. The van der Waals surface area contributed by atoms with Gasteiger partial charge in [-0.1, -0.05) is 19.8 Å². The summed E-state index contributed by atoms with van der Waals surface area (Å²) < 4.78 is 5.68. The summed E-state index contributed by atoms with van der Waals surface area (Å²) in [4.78, 5) is 12.5. The standard InChI is InChI=1S/C11H21NO2/c1-2-3-6-9-14-11-7-4-5-8-12(11)10-13/h10-11H,2-9H2,1H3. The Hall–Kier alpha value is -0.570. The van der Waals surface area contributed by atoms with Crippen LogP contribution >= 0.6 is 0 Å². The second-order valence-corrected chi connectivity index (χ2v) is 3.87. The van der Waals surface area contributed by atoms with Crippen molar-refractivity contribution >= 4 is 6.41 Å². The lowest BCUT2D eigenvalue weighted by molar-refractivity contribution is -0.137. The molecule has 0 N–H and O–H groups in total. The highest BCUT2D eigenvalue weighted by molar-refractivity contribution is 5.47. The predicted octanol–water partition coefficient (Wildman–Crippen LogP) is 2.16. The Bertz CT molecular complexity index is 161. The molecule has 1 atom stereocenters. The van der Waals surface area contributed by atoms with Crippen LogP contribution in [-0.2, 0) is 9.53 Å². The highest BCUT2D eigenvalue weighted by atomic mass is 16.5. The number of rotatable bonds is 6. The zero-order valence-electron chi connectivity index (χ0n) is 9.08. The number of hydrogen-bond acceptors (Lipinski definition) is 2. The van der Waals surface area contributed by atoms with Gasteiger partial charge in [-0.2, -0.15) is 0 Å². The van der Waals surface area contributed by atoms with Crippen molar-refractivity contribution in [2.24, 2.45) is 0 Å². The summed E-state index contributed by atoms with van der Waals surface area (Å²) in [5, 5.41) is 0. The molecule has 1 rings (SSSR count). The lowest BCUT2D eigenvalue weighted by Crippen LogP contribution is -2.40. The summed E-state index contributed by atoms with van der Waals surface area (Å²) in [6.07, 6.45) is 7.82. The van der Waals surface area contributed by atoms with E-state index < -0.39 is 0 Å². The minimum Gasteiger partial charge on any atom is -0.358 e. The smallest absolute Gasteiger partial charge is 0.211 e. The molecule has 0 bridgehead atoms. The van der Waals surface area contributed by atoms with Crippen molar-refractivity contribution in [3.05, 3.63) is 0 Å². The van der Waals surface area contributed by atoms with E-state index in [9.17, 15) is 4.79 Å². The molecule has 0 aromatic rings. The van der Waals surface area contributed by atoms with Crippen LogP contribution in [0, 0.1) is 0 Å². The molecule has 0 spiro atoms. The molecule has 0 aromatic carbocycles. The molecule has 0 saturated carbocycles. The number of hydrogen-bond donors (Lipinski definition) is 0. The topological polar surface area (TPSA) is 29.5 Å². The molecule has 1 fully saturated rings. The average molecular weight is 199 g/mol. The molecule has 1 heterocycles. The molecule has 14 heavy (non-hydrogen) atoms. The summed E-state index contributed by atoms with van der Waals surface area (Å²) in [5.41, 5.74) is 0. The van der Waals surface area contributed by atoms with Crippen LogP contribution in [0.5, 0.6) is 0 Å². The third kappa shape index (κ3) is 3.66. The van der Waals surface area contributed by atoms with E-state index in [1.165, 1.54) is 19.3 Å². The van der Waals surface area contributed by atoms with Crippen LogP contribution < -0.4 is 0 Å². The van der Waals surface area contributed by atoms with Crippen LogP contribution in [0.3, 0.4) is 0 Å². The van der Waals surface area contributed by atoms with E-state index in [0.717, 1.165) is 38.8 Å². The molecule has 1 amide bonds. The molecule has 0 aromatic heterocycles. The summed E-state index contributed by atoms with van der Waals surface area (Å²) >= 11 is 0. The molecular formula is C11H21NO2. The van der Waals surface area contributed by atoms with Gasteiger partial charge in [-0.25, -0.2) is 0 Å². The Balaban J connectivity index is 2.16. The first-order valence-electron chi connectivity index (χ1n) is 5.71. The van der Waals surface area contributed by atoms with Crippen molar-refractivity contribution < 1.29 is 9.53 Å². The molecule has 82 valence electrons. The van der Waals surface area contributed by atoms with Gasteiger partial charge in [-0.15, -0.1) is 0 Å². The maximum absolute atomic E-state index is 10.7. The van der Waals surface area contributed by atoms with Gasteiger partial charge in [0, 0.05) is 13.2 Å². The maximum atomic E-state index is 10.7. The number of amides is 1. The summed E-state index contributed by atoms with van der Waals surface area (Å²) in [7, 11) is 0. The third-order valence-corrected chi connectivity index (χ3v) is 2.68. The van der Waals surface area contributed by atoms with Crippen LogP contribution in [-0.4, -0.2) is 30.7 Å². The largest absolute Gasteiger partial charge is 0.358 e. The van der Waals surface area contributed by atoms with Gasteiger partial charge in [0.2, 0.25) is 6.41 Å². The van der Waals surface area contributed by atoms with Gasteiger partial charge in [0.1, 0.15) is 6.23 Å². The van der Waals surface area contributed by atoms with Gasteiger partial charge >= 0.3 is 0 Å². The number of nitrogens with zero attached hydrogens (tertiary/aromatic N) is 1. The number of unbranched alkanes of at least 4 members (excludes halogenated alkanes) is 2. The van der Waals surface area contributed by atoms with Gasteiger partial charge in [0.25, 0.3) is 0 Å². The van der Waals surface area contributed by atoms with E-state index in [0.29, 0.717) is 0 Å². The third-order valence-electron chi connectivity index (χ3n) is 2.68. The van der Waals surface area contributed by atoms with E-state index in [-0.39, 0.29) is 6.23 Å². The average Bonchev–Trinajstić information content (AvgIpc) is 2.25. The molecular weight excluding hydrogens is 178 g/mol. The first-order chi connectivity index (χ1) is 6.88. The minimum atomic E-state index is 0.0538. The lowest BCUT2D eigenvalue weighted by atomic mass is 10.1. The molecule has 3 heteroatoms. The predicted molar refractivity (Wildman–Crippen MR) is 55.9 cm³/mol. The second kappa shape index (κ2) is 6.82. The molecule has 0 radical (unpaired) electrons. The minimum absolute atomic E-state index is 0.0538. The van der Waals surface area contributed by atoms with Crippen molar-refractivity contribution in [3.8, 4) is 0 Å². The van der Waals surface area contributed by atoms with Crippen LogP contribution in [0.25, 0.3) is 0 Å². The van der Waals surface area contributed by atoms with Gasteiger partial charge in [-0.05, 0) is 25.7 Å². The van der Waals surface area contributed by atoms with Crippen LogP contribution in [0.15, 0.2) is 0 Å². The van der Waals surface area contributed by atoms with Crippen LogP contribution in [0.2, 0.25) is 0 Å². The molecule has 1 aliphatic rings. The normalized spacial score (nSPS) is 22.4. The fourth-order valence-electron chi connectivity index (χ4n) is 1.79. The Kier molecular flexibility index (Phi) is 5.60. The number of carbonyl (C=O) groups excluding carboxylic acids is 1. The second-order valence-electron chi connectivity index (χ2n) is 3.87. The zero-order valence-corrected chi connectivity index (χ0v) is 9.08. The van der Waals surface area contributed by atoms with Crippen molar-refractivity contribution in [2.45, 2.75) is 51.7 Å². The molecule has 1 aliphatic heterocycles. The van der Waals surface area contributed by atoms with Crippen molar-refractivity contribution in [2.75, 3.05) is 13.2 Å². The van der Waals surface area contributed by atoms with E-state index in [4.69, 9.17) is 4.74 Å². The number of carbonyl (C=O) groups is 1. The number of piperidine rings is 1. The van der Waals surface area contributed by atoms with Gasteiger partial charge in [-0.3, -0.25) is 4.79 Å². The van der Waals surface area contributed by atoms with E-state index in [1.54, 1.807) is 4.90 Å². The monoisotopic (exact) mass is 199 g/mol. The Morgan fingerprint density at radius 2 is 2.29 bits per heavy atom. The van der Waals surface area contributed by atoms with E-state index in [1.807, 2.05) is 0 Å². The van der Waals surface area contributed by atoms with Crippen LogP contribution in [0.4, 0.5) is 0 Å². The highest BCUT2D eigenvalue weighted by Gasteiger charge is 2.20. The van der Waals surface area contributed by atoms with Gasteiger partial charge in [0.05, 0.1) is 0 Å². The van der Waals surface area contributed by atoms with Gasteiger partial charge < -0.3 is 9.64 Å². The SMILES string of the molecule is CCCCCOC1CCCCN1C=O. The number of likely N-dealkylation sites (tertiary alicyclic amines) is 1. The Morgan fingerprint density at radius 3 is 3.00 bits per heavy atom. The quantitative estimate of drug-likeness (QED) is 0.484. The molecule has 0 aliphatic carbocycles. The maximum Gasteiger partial charge on any atom is 0.211 e. The lowest BCUT2D eigenvalue weighted by Gasteiger charge is -2.32. The Morgan fingerprint density at radius 1 is 1.43 bits per heavy atom. The molecule has 1 unspecified atom stereocenters. The first-order valence-corrected chi connectivity index (χ1v) is 5.71. The first kappa shape index (κ1) is 11.5. The Labute approximate surface area is 86.4 Å². The molecule has 1 saturated heterocycles. The van der Waals surface area contributed by atoms with Crippen LogP contribution in [0.1, 0.15) is 45.4 Å². The summed E-state index contributed by atoms with van der Waals surface area (Å²) in [5.74, 6) is 0.